The highest BCUT2D eigenvalue weighted by molar-refractivity contribution is 6.06. The van der Waals surface area contributed by atoms with Gasteiger partial charge in [-0.25, -0.2) is 15.0 Å². The maximum atomic E-state index is 9.37. The van der Waals surface area contributed by atoms with Crippen LogP contribution in [0.1, 0.15) is 11.1 Å². The van der Waals surface area contributed by atoms with Crippen LogP contribution in [0.25, 0.3) is 78.4 Å². The summed E-state index contributed by atoms with van der Waals surface area (Å²) in [4.78, 5) is 19.1. The van der Waals surface area contributed by atoms with E-state index in [1.807, 2.05) is 72.9 Å². The van der Waals surface area contributed by atoms with Crippen molar-refractivity contribution in [3.63, 3.8) is 0 Å². The standard InChI is InChI=1S/C40H22N6O/c41-22-25-8-11-28(12-9-25)39-44-38(27-5-2-1-3-6-27)45-40(46-39)33-19-31(18-32(20-33)30-7-4-16-43-24-30)29-13-15-35-34-14-10-26(23-42)17-36(34)47-37(35)21-29/h1-21,24H. The molecular weight excluding hydrogens is 580 g/mol. The van der Waals surface area contributed by atoms with Crippen LogP contribution in [0, 0.1) is 22.7 Å². The topological polar surface area (TPSA) is 112 Å². The van der Waals surface area contributed by atoms with E-state index in [0.29, 0.717) is 34.2 Å². The normalized spacial score (nSPS) is 10.9. The van der Waals surface area contributed by atoms with Crippen molar-refractivity contribution in [3.05, 3.63) is 145 Å². The van der Waals surface area contributed by atoms with Gasteiger partial charge in [-0.05, 0) is 95.6 Å². The first kappa shape index (κ1) is 27.6. The minimum absolute atomic E-state index is 0.507. The Kier molecular flexibility index (Phi) is 6.76. The van der Waals surface area contributed by atoms with Gasteiger partial charge in [0.2, 0.25) is 0 Å². The van der Waals surface area contributed by atoms with Crippen LogP contribution in [0.2, 0.25) is 0 Å². The Labute approximate surface area is 269 Å². The van der Waals surface area contributed by atoms with Crippen molar-refractivity contribution in [2.75, 3.05) is 0 Å². The van der Waals surface area contributed by atoms with Crippen molar-refractivity contribution in [1.82, 2.24) is 19.9 Å². The monoisotopic (exact) mass is 602 g/mol. The fourth-order valence-corrected chi connectivity index (χ4v) is 5.69. The fourth-order valence-electron chi connectivity index (χ4n) is 5.69. The largest absolute Gasteiger partial charge is 0.456 e. The zero-order chi connectivity index (χ0) is 31.7. The molecule has 0 radical (unpaired) electrons. The number of fused-ring (bicyclic) bond motifs is 3. The average Bonchev–Trinajstić information content (AvgIpc) is 3.52. The molecule has 7 nitrogen and oxygen atoms in total. The van der Waals surface area contributed by atoms with Crippen LogP contribution in [-0.2, 0) is 0 Å². The third-order valence-corrected chi connectivity index (χ3v) is 8.06. The van der Waals surface area contributed by atoms with Gasteiger partial charge in [-0.1, -0.05) is 42.5 Å². The predicted molar refractivity (Wildman–Crippen MR) is 182 cm³/mol. The molecule has 7 heteroatoms. The van der Waals surface area contributed by atoms with E-state index in [9.17, 15) is 10.5 Å². The fraction of sp³-hybridized carbons (Fsp3) is 0. The minimum atomic E-state index is 0.507. The second-order valence-corrected chi connectivity index (χ2v) is 11.0. The second kappa shape index (κ2) is 11.5. The van der Waals surface area contributed by atoms with E-state index in [0.717, 1.165) is 55.3 Å². The smallest absolute Gasteiger partial charge is 0.164 e. The Balaban J connectivity index is 1.33. The van der Waals surface area contributed by atoms with Crippen LogP contribution >= 0.6 is 0 Å². The molecule has 0 atom stereocenters. The Morgan fingerprint density at radius 2 is 1.00 bits per heavy atom. The summed E-state index contributed by atoms with van der Waals surface area (Å²) in [5, 5.41) is 20.6. The lowest BCUT2D eigenvalue weighted by Crippen LogP contribution is -2.00. The summed E-state index contributed by atoms with van der Waals surface area (Å²) in [5.41, 5.74) is 8.78. The number of furan rings is 1. The predicted octanol–water partition coefficient (Wildman–Crippen LogP) is 9.24. The lowest BCUT2D eigenvalue weighted by atomic mass is 9.95. The maximum Gasteiger partial charge on any atom is 0.164 e. The summed E-state index contributed by atoms with van der Waals surface area (Å²) < 4.78 is 6.22. The SMILES string of the molecule is N#Cc1ccc(-c2nc(-c3ccccc3)nc(-c3cc(-c4cccnc4)cc(-c4ccc5c(c4)oc4cc(C#N)ccc45)c3)n2)cc1. The zero-order valence-corrected chi connectivity index (χ0v) is 24.8. The molecule has 8 aromatic rings. The maximum absolute atomic E-state index is 9.37. The number of nitrogens with zero attached hydrogens (tertiary/aromatic N) is 6. The summed E-state index contributed by atoms with van der Waals surface area (Å²) in [5.74, 6) is 1.56. The van der Waals surface area contributed by atoms with Gasteiger partial charge >= 0.3 is 0 Å². The molecule has 0 aliphatic carbocycles. The van der Waals surface area contributed by atoms with Gasteiger partial charge in [0.05, 0.1) is 23.3 Å². The first-order chi connectivity index (χ1) is 23.1. The van der Waals surface area contributed by atoms with Crippen molar-refractivity contribution in [2.45, 2.75) is 0 Å². The molecule has 0 bridgehead atoms. The number of hydrogen-bond donors (Lipinski definition) is 0. The quantitative estimate of drug-likeness (QED) is 0.193. The third kappa shape index (κ3) is 5.25. The zero-order valence-electron chi connectivity index (χ0n) is 24.8. The van der Waals surface area contributed by atoms with Crippen LogP contribution in [0.3, 0.4) is 0 Å². The molecule has 3 heterocycles. The first-order valence-corrected chi connectivity index (χ1v) is 14.9. The van der Waals surface area contributed by atoms with E-state index in [4.69, 9.17) is 19.4 Å². The van der Waals surface area contributed by atoms with Crippen molar-refractivity contribution in [1.29, 1.82) is 10.5 Å². The van der Waals surface area contributed by atoms with Crippen LogP contribution in [0.4, 0.5) is 0 Å². The highest BCUT2D eigenvalue weighted by Gasteiger charge is 2.16. The first-order valence-electron chi connectivity index (χ1n) is 14.9. The van der Waals surface area contributed by atoms with Crippen LogP contribution < -0.4 is 0 Å². The van der Waals surface area contributed by atoms with Gasteiger partial charge < -0.3 is 4.42 Å². The molecule has 47 heavy (non-hydrogen) atoms. The lowest BCUT2D eigenvalue weighted by Gasteiger charge is -2.12. The molecule has 0 aliphatic heterocycles. The van der Waals surface area contributed by atoms with Gasteiger partial charge in [-0.15, -0.1) is 0 Å². The van der Waals surface area contributed by atoms with E-state index < -0.39 is 0 Å². The Morgan fingerprint density at radius 1 is 0.447 bits per heavy atom. The highest BCUT2D eigenvalue weighted by atomic mass is 16.3. The van der Waals surface area contributed by atoms with Gasteiger partial charge in [0, 0.05) is 45.4 Å². The number of nitriles is 2. The number of aromatic nitrogens is 4. The number of benzene rings is 5. The molecule has 5 aromatic carbocycles. The Morgan fingerprint density at radius 3 is 1.68 bits per heavy atom. The summed E-state index contributed by atoms with van der Waals surface area (Å²) >= 11 is 0. The molecule has 8 rings (SSSR count). The number of pyridine rings is 1. The van der Waals surface area contributed by atoms with E-state index in [-0.39, 0.29) is 0 Å². The molecule has 0 amide bonds. The molecule has 0 aliphatic rings. The van der Waals surface area contributed by atoms with E-state index >= 15 is 0 Å². The summed E-state index contributed by atoms with van der Waals surface area (Å²) in [7, 11) is 0. The Bertz CT molecular complexity index is 2530. The Hall–Kier alpha value is -6.96. The van der Waals surface area contributed by atoms with Crippen molar-refractivity contribution >= 4 is 21.9 Å². The summed E-state index contributed by atoms with van der Waals surface area (Å²) in [6, 6.07) is 43.3. The minimum Gasteiger partial charge on any atom is -0.456 e. The molecule has 0 saturated heterocycles. The highest BCUT2D eigenvalue weighted by Crippen LogP contribution is 2.36. The summed E-state index contributed by atoms with van der Waals surface area (Å²) in [6.45, 7) is 0. The van der Waals surface area contributed by atoms with E-state index in [1.165, 1.54) is 0 Å². The van der Waals surface area contributed by atoms with Crippen molar-refractivity contribution in [2.24, 2.45) is 0 Å². The van der Waals surface area contributed by atoms with Crippen molar-refractivity contribution < 1.29 is 4.42 Å². The van der Waals surface area contributed by atoms with Crippen molar-refractivity contribution in [3.8, 4) is 68.6 Å². The van der Waals surface area contributed by atoms with Gasteiger partial charge in [0.25, 0.3) is 0 Å². The molecule has 3 aromatic heterocycles. The molecule has 0 N–H and O–H groups in total. The second-order valence-electron chi connectivity index (χ2n) is 11.0. The molecular formula is C40H22N6O. The molecule has 0 spiro atoms. The average molecular weight is 603 g/mol. The molecule has 218 valence electrons. The van der Waals surface area contributed by atoms with Gasteiger partial charge in [-0.3, -0.25) is 4.98 Å². The number of rotatable bonds is 5. The number of hydrogen-bond acceptors (Lipinski definition) is 7. The van der Waals surface area contributed by atoms with Gasteiger partial charge in [0.15, 0.2) is 17.5 Å². The lowest BCUT2D eigenvalue weighted by molar-refractivity contribution is 0.669. The van der Waals surface area contributed by atoms with Gasteiger partial charge in [0.1, 0.15) is 11.2 Å². The summed E-state index contributed by atoms with van der Waals surface area (Å²) in [6.07, 6.45) is 3.59. The van der Waals surface area contributed by atoms with Crippen LogP contribution in [-0.4, -0.2) is 19.9 Å². The third-order valence-electron chi connectivity index (χ3n) is 8.06. The van der Waals surface area contributed by atoms with E-state index in [1.54, 1.807) is 30.5 Å². The molecule has 0 fully saturated rings. The molecule has 0 saturated carbocycles. The van der Waals surface area contributed by atoms with Crippen LogP contribution in [0.15, 0.2) is 138 Å². The van der Waals surface area contributed by atoms with E-state index in [2.05, 4.69) is 47.5 Å². The van der Waals surface area contributed by atoms with Crippen LogP contribution in [0.5, 0.6) is 0 Å². The van der Waals surface area contributed by atoms with Gasteiger partial charge in [-0.2, -0.15) is 10.5 Å². The molecule has 0 unspecified atom stereocenters.